The average Bonchev–Trinajstić information content (AvgIpc) is 2.13. The number of quaternary nitrogens is 1. The van der Waals surface area contributed by atoms with Crippen molar-refractivity contribution in [3.05, 3.63) is 0 Å². The molecule has 0 bridgehead atoms. The zero-order valence-corrected chi connectivity index (χ0v) is 9.71. The van der Waals surface area contributed by atoms with Gasteiger partial charge in [0.05, 0.1) is 25.7 Å². The molecule has 0 unspecified atom stereocenters. The van der Waals surface area contributed by atoms with Gasteiger partial charge in [-0.05, 0) is 40.5 Å². The minimum absolute atomic E-state index is 0.339. The topological polar surface area (TPSA) is 20.2 Å². The third-order valence-electron chi connectivity index (χ3n) is 3.37. The molecular weight excluding hydrogens is 162 g/mol. The molecule has 0 saturated heterocycles. The van der Waals surface area contributed by atoms with E-state index in [-0.39, 0.29) is 0 Å². The second-order valence-electron chi connectivity index (χ2n) is 4.10. The van der Waals surface area contributed by atoms with Crippen LogP contribution in [0.15, 0.2) is 0 Å². The van der Waals surface area contributed by atoms with Gasteiger partial charge in [0, 0.05) is 6.61 Å². The molecule has 0 fully saturated rings. The predicted molar refractivity (Wildman–Crippen MR) is 57.7 cm³/mol. The lowest BCUT2D eigenvalue weighted by molar-refractivity contribution is -0.944. The zero-order chi connectivity index (χ0) is 10.3. The first-order chi connectivity index (χ1) is 6.13. The van der Waals surface area contributed by atoms with Gasteiger partial charge in [-0.1, -0.05) is 0 Å². The largest absolute Gasteiger partial charge is 0.396 e. The maximum Gasteiger partial charge on any atom is 0.0833 e. The predicted octanol–water partition coefficient (Wildman–Crippen LogP) is 2.02. The molecule has 1 N–H and O–H groups in total. The highest BCUT2D eigenvalue weighted by atomic mass is 16.2. The summed E-state index contributed by atoms with van der Waals surface area (Å²) in [6.07, 6.45) is 2.10. The maximum atomic E-state index is 8.74. The Morgan fingerprint density at radius 1 is 1.08 bits per heavy atom. The van der Waals surface area contributed by atoms with Crippen LogP contribution < -0.4 is 0 Å². The van der Waals surface area contributed by atoms with E-state index >= 15 is 0 Å². The van der Waals surface area contributed by atoms with Crippen molar-refractivity contribution in [3.63, 3.8) is 0 Å². The summed E-state index contributed by atoms with van der Waals surface area (Å²) < 4.78 is 1.19. The second kappa shape index (κ2) is 6.39. The molecule has 0 saturated carbocycles. The Hall–Kier alpha value is -0.0800. The Morgan fingerprint density at radius 3 is 1.92 bits per heavy atom. The lowest BCUT2D eigenvalue weighted by Gasteiger charge is -2.41. The van der Waals surface area contributed by atoms with Crippen LogP contribution in [-0.4, -0.2) is 41.9 Å². The van der Waals surface area contributed by atoms with Crippen LogP contribution in [0, 0.1) is 0 Å². The van der Waals surface area contributed by atoms with Crippen LogP contribution in [0.25, 0.3) is 0 Å². The summed E-state index contributed by atoms with van der Waals surface area (Å²) in [4.78, 5) is 0. The Labute approximate surface area is 83.2 Å². The summed E-state index contributed by atoms with van der Waals surface area (Å²) in [7, 11) is 0. The van der Waals surface area contributed by atoms with Crippen LogP contribution in [0.5, 0.6) is 0 Å². The van der Waals surface area contributed by atoms with E-state index in [1.807, 2.05) is 0 Å². The van der Waals surface area contributed by atoms with Gasteiger partial charge in [-0.3, -0.25) is 0 Å². The number of hydrogen-bond acceptors (Lipinski definition) is 1. The molecule has 80 valence electrons. The monoisotopic (exact) mass is 188 g/mol. The van der Waals surface area contributed by atoms with E-state index in [0.717, 1.165) is 12.8 Å². The second-order valence-corrected chi connectivity index (χ2v) is 4.10. The fourth-order valence-corrected chi connectivity index (χ4v) is 2.07. The van der Waals surface area contributed by atoms with Gasteiger partial charge in [0.25, 0.3) is 0 Å². The number of aliphatic hydroxyl groups is 1. The lowest BCUT2D eigenvalue weighted by atomic mass is 10.2. The molecule has 0 amide bonds. The first-order valence-corrected chi connectivity index (χ1v) is 5.59. The molecule has 0 spiro atoms. The molecule has 2 heteroatoms. The van der Waals surface area contributed by atoms with E-state index in [9.17, 15) is 0 Å². The Bertz CT molecular complexity index is 119. The normalized spacial score (nSPS) is 12.5. The summed E-state index contributed by atoms with van der Waals surface area (Å²) >= 11 is 0. The van der Waals surface area contributed by atoms with Crippen molar-refractivity contribution in [2.45, 2.75) is 46.6 Å². The van der Waals surface area contributed by atoms with Crippen LogP contribution in [0.3, 0.4) is 0 Å². The highest BCUT2D eigenvalue weighted by Gasteiger charge is 2.26. The van der Waals surface area contributed by atoms with Gasteiger partial charge in [-0.25, -0.2) is 0 Å². The summed E-state index contributed by atoms with van der Waals surface area (Å²) in [5.74, 6) is 0. The smallest absolute Gasteiger partial charge is 0.0833 e. The maximum absolute atomic E-state index is 8.74. The van der Waals surface area contributed by atoms with E-state index in [1.165, 1.54) is 24.1 Å². The van der Waals surface area contributed by atoms with Crippen LogP contribution in [0.4, 0.5) is 0 Å². The first-order valence-electron chi connectivity index (χ1n) is 5.59. The van der Waals surface area contributed by atoms with Gasteiger partial charge >= 0.3 is 0 Å². The van der Waals surface area contributed by atoms with E-state index in [1.54, 1.807) is 0 Å². The molecule has 0 aliphatic carbocycles. The van der Waals surface area contributed by atoms with Gasteiger partial charge < -0.3 is 9.59 Å². The van der Waals surface area contributed by atoms with Gasteiger partial charge in [-0.2, -0.15) is 0 Å². The highest BCUT2D eigenvalue weighted by Crippen LogP contribution is 2.14. The van der Waals surface area contributed by atoms with E-state index < -0.39 is 0 Å². The minimum Gasteiger partial charge on any atom is -0.396 e. The highest BCUT2D eigenvalue weighted by molar-refractivity contribution is 4.48. The summed E-state index contributed by atoms with van der Waals surface area (Å²) in [5.41, 5.74) is 0. The number of aliphatic hydroxyl groups excluding tert-OH is 1. The van der Waals surface area contributed by atoms with E-state index in [2.05, 4.69) is 27.7 Å². The summed E-state index contributed by atoms with van der Waals surface area (Å²) in [5, 5.41) is 8.74. The Morgan fingerprint density at radius 2 is 1.62 bits per heavy atom. The lowest BCUT2D eigenvalue weighted by Crippen LogP contribution is -2.53. The van der Waals surface area contributed by atoms with Gasteiger partial charge in [0.15, 0.2) is 0 Å². The number of nitrogens with zero attached hydrogens (tertiary/aromatic N) is 1. The van der Waals surface area contributed by atoms with Crippen molar-refractivity contribution < 1.29 is 9.59 Å². The number of rotatable bonds is 7. The fraction of sp³-hybridized carbons (Fsp3) is 1.00. The van der Waals surface area contributed by atoms with Gasteiger partial charge in [-0.15, -0.1) is 0 Å². The first kappa shape index (κ1) is 12.9. The van der Waals surface area contributed by atoms with Gasteiger partial charge in [0.1, 0.15) is 0 Å². The molecule has 0 rings (SSSR count). The third kappa shape index (κ3) is 3.65. The van der Waals surface area contributed by atoms with E-state index in [0.29, 0.717) is 12.6 Å². The standard InChI is InChI=1S/C11H26NO/c1-5-12(6-2,11(3)4)9-7-8-10-13/h11,13H,5-10H2,1-4H3/q+1. The van der Waals surface area contributed by atoms with Crippen molar-refractivity contribution in [2.75, 3.05) is 26.2 Å². The molecule has 0 aliphatic heterocycles. The molecule has 0 aromatic heterocycles. The third-order valence-corrected chi connectivity index (χ3v) is 3.37. The van der Waals surface area contributed by atoms with E-state index in [4.69, 9.17) is 5.11 Å². The minimum atomic E-state index is 0.339. The Kier molecular flexibility index (Phi) is 6.35. The van der Waals surface area contributed by atoms with Crippen molar-refractivity contribution in [3.8, 4) is 0 Å². The molecule has 0 aromatic carbocycles. The SMILES string of the molecule is CC[N+](CC)(CCCCO)C(C)C. The molecule has 0 heterocycles. The fourth-order valence-electron chi connectivity index (χ4n) is 2.07. The molecule has 0 atom stereocenters. The summed E-state index contributed by atoms with van der Waals surface area (Å²) in [6.45, 7) is 13.1. The van der Waals surface area contributed by atoms with Crippen LogP contribution in [0.2, 0.25) is 0 Å². The van der Waals surface area contributed by atoms with Crippen molar-refractivity contribution in [1.29, 1.82) is 0 Å². The summed E-state index contributed by atoms with van der Waals surface area (Å²) in [6, 6.07) is 0.702. The molecule has 13 heavy (non-hydrogen) atoms. The molecular formula is C11H26NO+. The van der Waals surface area contributed by atoms with Crippen LogP contribution in [0.1, 0.15) is 40.5 Å². The van der Waals surface area contributed by atoms with Crippen molar-refractivity contribution in [1.82, 2.24) is 0 Å². The molecule has 0 aliphatic rings. The number of unbranched alkanes of at least 4 members (excludes halogenated alkanes) is 1. The Balaban J connectivity index is 4.06. The number of hydrogen-bond donors (Lipinski definition) is 1. The van der Waals surface area contributed by atoms with Crippen LogP contribution >= 0.6 is 0 Å². The van der Waals surface area contributed by atoms with Gasteiger partial charge in [0.2, 0.25) is 0 Å². The van der Waals surface area contributed by atoms with Crippen molar-refractivity contribution in [2.24, 2.45) is 0 Å². The van der Waals surface area contributed by atoms with Crippen LogP contribution in [-0.2, 0) is 0 Å². The van der Waals surface area contributed by atoms with Crippen molar-refractivity contribution >= 4 is 0 Å². The molecule has 0 radical (unpaired) electrons. The quantitative estimate of drug-likeness (QED) is 0.479. The molecule has 2 nitrogen and oxygen atoms in total. The molecule has 0 aromatic rings. The average molecular weight is 188 g/mol. The zero-order valence-electron chi connectivity index (χ0n) is 9.71.